The third-order valence-electron chi connectivity index (χ3n) is 5.59. The van der Waals surface area contributed by atoms with E-state index in [4.69, 9.17) is 9.47 Å². The number of aromatic nitrogens is 2. The Labute approximate surface area is 169 Å². The molecule has 0 bridgehead atoms. The molecule has 1 unspecified atom stereocenters. The van der Waals surface area contributed by atoms with Gasteiger partial charge < -0.3 is 19.8 Å². The SMILES string of the molecule is COc1ccc(OC)c(C2C3=C(CC(C)(C)CC3=O)Nc3nc(C)[nH]c(=O)c32)c1. The van der Waals surface area contributed by atoms with Gasteiger partial charge in [-0.3, -0.25) is 9.59 Å². The zero-order chi connectivity index (χ0) is 20.9. The fourth-order valence-corrected chi connectivity index (χ4v) is 4.40. The molecule has 2 aliphatic rings. The number of aryl methyl sites for hydroxylation is 1. The maximum absolute atomic E-state index is 13.3. The molecule has 29 heavy (non-hydrogen) atoms. The van der Waals surface area contributed by atoms with Crippen molar-refractivity contribution in [2.75, 3.05) is 19.5 Å². The van der Waals surface area contributed by atoms with E-state index in [0.29, 0.717) is 52.7 Å². The number of ether oxygens (including phenoxy) is 2. The van der Waals surface area contributed by atoms with E-state index in [1.807, 2.05) is 6.07 Å². The summed E-state index contributed by atoms with van der Waals surface area (Å²) in [6.45, 7) is 5.89. The summed E-state index contributed by atoms with van der Waals surface area (Å²) in [5.41, 5.74) is 2.14. The number of carbonyl (C=O) groups excluding carboxylic acids is 1. The Kier molecular flexibility index (Phi) is 4.48. The van der Waals surface area contributed by atoms with Crippen molar-refractivity contribution in [1.29, 1.82) is 0 Å². The van der Waals surface area contributed by atoms with Crippen LogP contribution in [0, 0.1) is 12.3 Å². The average Bonchev–Trinajstić information content (AvgIpc) is 2.64. The molecule has 1 aliphatic heterocycles. The van der Waals surface area contributed by atoms with Gasteiger partial charge in [-0.15, -0.1) is 0 Å². The predicted octanol–water partition coefficient (Wildman–Crippen LogP) is 3.30. The van der Waals surface area contributed by atoms with Crippen LogP contribution < -0.4 is 20.3 Å². The molecule has 1 atom stereocenters. The third-order valence-corrected chi connectivity index (χ3v) is 5.59. The predicted molar refractivity (Wildman–Crippen MR) is 110 cm³/mol. The van der Waals surface area contributed by atoms with Crippen LogP contribution in [0.25, 0.3) is 0 Å². The van der Waals surface area contributed by atoms with Crippen LogP contribution in [0.3, 0.4) is 0 Å². The summed E-state index contributed by atoms with van der Waals surface area (Å²) in [6.07, 6.45) is 1.12. The monoisotopic (exact) mass is 395 g/mol. The molecule has 152 valence electrons. The van der Waals surface area contributed by atoms with E-state index in [9.17, 15) is 9.59 Å². The second kappa shape index (κ2) is 6.76. The summed E-state index contributed by atoms with van der Waals surface area (Å²) >= 11 is 0. The summed E-state index contributed by atoms with van der Waals surface area (Å²) < 4.78 is 11.0. The summed E-state index contributed by atoms with van der Waals surface area (Å²) in [6, 6.07) is 5.42. The van der Waals surface area contributed by atoms with E-state index in [2.05, 4.69) is 29.1 Å². The zero-order valence-electron chi connectivity index (χ0n) is 17.3. The van der Waals surface area contributed by atoms with Crippen molar-refractivity contribution < 1.29 is 14.3 Å². The molecule has 0 radical (unpaired) electrons. The minimum Gasteiger partial charge on any atom is -0.497 e. The Morgan fingerprint density at radius 2 is 1.90 bits per heavy atom. The van der Waals surface area contributed by atoms with Crippen LogP contribution in [0.5, 0.6) is 11.5 Å². The largest absolute Gasteiger partial charge is 0.497 e. The summed E-state index contributed by atoms with van der Waals surface area (Å²) in [4.78, 5) is 33.6. The molecule has 1 aliphatic carbocycles. The van der Waals surface area contributed by atoms with E-state index in [1.54, 1.807) is 33.3 Å². The summed E-state index contributed by atoms with van der Waals surface area (Å²) in [5, 5.41) is 3.29. The first-order valence-electron chi connectivity index (χ1n) is 9.60. The number of rotatable bonds is 3. The van der Waals surface area contributed by atoms with Crippen molar-refractivity contribution in [3.63, 3.8) is 0 Å². The number of hydrogen-bond acceptors (Lipinski definition) is 6. The molecular weight excluding hydrogens is 370 g/mol. The molecule has 2 aromatic rings. The first-order valence-corrected chi connectivity index (χ1v) is 9.60. The number of methoxy groups -OCH3 is 2. The Hall–Kier alpha value is -3.09. The third kappa shape index (κ3) is 3.20. The quantitative estimate of drug-likeness (QED) is 0.828. The van der Waals surface area contributed by atoms with Gasteiger partial charge >= 0.3 is 0 Å². The molecule has 0 amide bonds. The number of fused-ring (bicyclic) bond motifs is 1. The van der Waals surface area contributed by atoms with Crippen molar-refractivity contribution in [3.8, 4) is 11.5 Å². The molecule has 1 aromatic carbocycles. The molecule has 2 heterocycles. The number of anilines is 1. The lowest BCUT2D eigenvalue weighted by molar-refractivity contribution is -0.118. The lowest BCUT2D eigenvalue weighted by Crippen LogP contribution is -2.37. The standard InChI is InChI=1S/C22H25N3O4/c1-11-23-20-19(21(27)24-11)17(13-8-12(28-4)6-7-16(13)29-5)18-14(25-20)9-22(2,3)10-15(18)26/h6-8,17H,9-10H2,1-5H3,(H2,23,24,25,27). The van der Waals surface area contributed by atoms with Crippen molar-refractivity contribution >= 4 is 11.6 Å². The lowest BCUT2D eigenvalue weighted by Gasteiger charge is -2.38. The molecule has 2 N–H and O–H groups in total. The van der Waals surface area contributed by atoms with E-state index < -0.39 is 5.92 Å². The number of carbonyl (C=O) groups is 1. The van der Waals surface area contributed by atoms with Gasteiger partial charge in [0, 0.05) is 23.3 Å². The number of benzene rings is 1. The van der Waals surface area contributed by atoms with Gasteiger partial charge in [0.2, 0.25) is 0 Å². The molecule has 0 spiro atoms. The molecular formula is C22H25N3O4. The van der Waals surface area contributed by atoms with Crippen LogP contribution in [0.15, 0.2) is 34.3 Å². The molecule has 7 nitrogen and oxygen atoms in total. The fraction of sp³-hybridized carbons (Fsp3) is 0.409. The number of hydrogen-bond donors (Lipinski definition) is 2. The van der Waals surface area contributed by atoms with Crippen molar-refractivity contribution in [2.24, 2.45) is 5.41 Å². The van der Waals surface area contributed by atoms with E-state index in [1.165, 1.54) is 0 Å². The highest BCUT2D eigenvalue weighted by Gasteiger charge is 2.43. The molecule has 4 rings (SSSR count). The number of aromatic amines is 1. The minimum absolute atomic E-state index is 0.0317. The molecule has 0 saturated heterocycles. The molecule has 7 heteroatoms. The first kappa shape index (κ1) is 19.2. The normalized spacial score (nSPS) is 19.9. The number of allylic oxidation sites excluding steroid dienone is 2. The summed E-state index contributed by atoms with van der Waals surface area (Å²) in [5.74, 6) is 1.68. The van der Waals surface area contributed by atoms with Crippen LogP contribution in [0.4, 0.5) is 5.82 Å². The van der Waals surface area contributed by atoms with Gasteiger partial charge in [0.25, 0.3) is 5.56 Å². The van der Waals surface area contributed by atoms with Crippen LogP contribution in [-0.2, 0) is 4.79 Å². The highest BCUT2D eigenvalue weighted by atomic mass is 16.5. The molecule has 1 aromatic heterocycles. The highest BCUT2D eigenvalue weighted by Crippen LogP contribution is 2.49. The number of nitrogens with zero attached hydrogens (tertiary/aromatic N) is 1. The van der Waals surface area contributed by atoms with Crippen LogP contribution in [0.1, 0.15) is 49.6 Å². The number of nitrogens with one attached hydrogen (secondary N) is 2. The Morgan fingerprint density at radius 1 is 1.14 bits per heavy atom. The number of H-pyrrole nitrogens is 1. The second-order valence-electron chi connectivity index (χ2n) is 8.41. The van der Waals surface area contributed by atoms with E-state index in [0.717, 1.165) is 5.70 Å². The Balaban J connectivity index is 2.04. The van der Waals surface area contributed by atoms with Crippen LogP contribution in [-0.4, -0.2) is 30.0 Å². The van der Waals surface area contributed by atoms with Crippen LogP contribution >= 0.6 is 0 Å². The van der Waals surface area contributed by atoms with Crippen molar-refractivity contribution in [3.05, 3.63) is 56.8 Å². The number of Topliss-reactive ketones (excluding diaryl/α,β-unsaturated/α-hetero) is 1. The van der Waals surface area contributed by atoms with E-state index >= 15 is 0 Å². The van der Waals surface area contributed by atoms with Crippen molar-refractivity contribution in [2.45, 2.75) is 39.5 Å². The van der Waals surface area contributed by atoms with Gasteiger partial charge in [-0.1, -0.05) is 13.8 Å². The van der Waals surface area contributed by atoms with Gasteiger partial charge in [-0.25, -0.2) is 4.98 Å². The summed E-state index contributed by atoms with van der Waals surface area (Å²) in [7, 11) is 3.16. The van der Waals surface area contributed by atoms with Gasteiger partial charge in [-0.2, -0.15) is 0 Å². The highest BCUT2D eigenvalue weighted by molar-refractivity contribution is 6.01. The van der Waals surface area contributed by atoms with E-state index in [-0.39, 0.29) is 16.8 Å². The van der Waals surface area contributed by atoms with Gasteiger partial charge in [0.1, 0.15) is 23.1 Å². The first-order chi connectivity index (χ1) is 13.7. The minimum atomic E-state index is -0.577. The Bertz CT molecular complexity index is 1100. The topological polar surface area (TPSA) is 93.3 Å². The maximum atomic E-state index is 13.3. The van der Waals surface area contributed by atoms with Crippen LogP contribution in [0.2, 0.25) is 0 Å². The number of ketones is 1. The fourth-order valence-electron chi connectivity index (χ4n) is 4.40. The molecule has 0 fully saturated rings. The lowest BCUT2D eigenvalue weighted by atomic mass is 9.69. The van der Waals surface area contributed by atoms with Gasteiger partial charge in [-0.05, 0) is 37.0 Å². The van der Waals surface area contributed by atoms with Crippen molar-refractivity contribution in [1.82, 2.24) is 9.97 Å². The smallest absolute Gasteiger partial charge is 0.257 e. The second-order valence-corrected chi connectivity index (χ2v) is 8.41. The maximum Gasteiger partial charge on any atom is 0.257 e. The molecule has 0 saturated carbocycles. The zero-order valence-corrected chi connectivity index (χ0v) is 17.3. The Morgan fingerprint density at radius 3 is 2.59 bits per heavy atom. The average molecular weight is 395 g/mol. The van der Waals surface area contributed by atoms with Gasteiger partial charge in [0.15, 0.2) is 5.78 Å². The van der Waals surface area contributed by atoms with Gasteiger partial charge in [0.05, 0.1) is 25.7 Å².